The third-order valence-electron chi connectivity index (χ3n) is 4.69. The largest absolute Gasteiger partial charge is 0.354 e. The highest BCUT2D eigenvalue weighted by Gasteiger charge is 2.41. The van der Waals surface area contributed by atoms with Crippen molar-refractivity contribution in [1.29, 1.82) is 0 Å². The zero-order valence-electron chi connectivity index (χ0n) is 12.6. The predicted octanol–water partition coefficient (Wildman–Crippen LogP) is 1.83. The minimum atomic E-state index is -0.285. The molecule has 0 radical (unpaired) electrons. The molecule has 0 saturated heterocycles. The lowest BCUT2D eigenvalue weighted by molar-refractivity contribution is -0.185. The van der Waals surface area contributed by atoms with Crippen LogP contribution < -0.4 is 5.73 Å². The number of hydrogen-bond acceptors (Lipinski definition) is 4. The van der Waals surface area contributed by atoms with E-state index in [4.69, 9.17) is 15.2 Å². The van der Waals surface area contributed by atoms with Gasteiger partial charge in [0.15, 0.2) is 6.29 Å². The maximum absolute atomic E-state index is 5.99. The van der Waals surface area contributed by atoms with Crippen molar-refractivity contribution in [3.8, 4) is 0 Å². The van der Waals surface area contributed by atoms with Crippen molar-refractivity contribution in [3.05, 3.63) is 0 Å². The highest BCUT2D eigenvalue weighted by Crippen LogP contribution is 2.31. The average Bonchev–Trinajstić information content (AvgIpc) is 2.39. The van der Waals surface area contributed by atoms with Crippen LogP contribution in [0, 0.1) is 5.92 Å². The molecule has 1 unspecified atom stereocenters. The molecule has 0 aliphatic heterocycles. The fourth-order valence-electron chi connectivity index (χ4n) is 3.06. The quantitative estimate of drug-likeness (QED) is 0.738. The van der Waals surface area contributed by atoms with Crippen molar-refractivity contribution in [3.63, 3.8) is 0 Å². The minimum Gasteiger partial charge on any atom is -0.354 e. The maximum Gasteiger partial charge on any atom is 0.176 e. The second kappa shape index (κ2) is 6.85. The summed E-state index contributed by atoms with van der Waals surface area (Å²) in [6.07, 6.45) is 4.81. The smallest absolute Gasteiger partial charge is 0.176 e. The van der Waals surface area contributed by atoms with Crippen molar-refractivity contribution in [2.45, 2.75) is 57.4 Å². The third kappa shape index (κ3) is 3.23. The Balaban J connectivity index is 2.74. The Bertz CT molecular complexity index is 238. The molecule has 4 nitrogen and oxygen atoms in total. The normalized spacial score (nSPS) is 28.7. The minimum absolute atomic E-state index is 0.269. The van der Waals surface area contributed by atoms with Crippen LogP contribution in [0.2, 0.25) is 0 Å². The molecule has 18 heavy (non-hydrogen) atoms. The van der Waals surface area contributed by atoms with E-state index in [0.717, 1.165) is 5.92 Å². The van der Waals surface area contributed by atoms with Gasteiger partial charge in [-0.05, 0) is 45.6 Å². The lowest BCUT2D eigenvalue weighted by Gasteiger charge is -2.47. The summed E-state index contributed by atoms with van der Waals surface area (Å²) in [6.45, 7) is 5.00. The van der Waals surface area contributed by atoms with E-state index in [-0.39, 0.29) is 11.8 Å². The molecule has 0 heterocycles. The molecule has 2 N–H and O–H groups in total. The van der Waals surface area contributed by atoms with Gasteiger partial charge in [0.2, 0.25) is 0 Å². The Kier molecular flexibility index (Phi) is 6.05. The van der Waals surface area contributed by atoms with E-state index < -0.39 is 0 Å². The third-order valence-corrected chi connectivity index (χ3v) is 4.69. The molecule has 0 aromatic rings. The number of rotatable bonds is 6. The van der Waals surface area contributed by atoms with Crippen LogP contribution in [0.15, 0.2) is 0 Å². The van der Waals surface area contributed by atoms with Crippen LogP contribution in [-0.2, 0) is 9.47 Å². The Labute approximate surface area is 112 Å². The highest BCUT2D eigenvalue weighted by molar-refractivity contribution is 4.93. The first kappa shape index (κ1) is 15.9. The molecule has 0 amide bonds. The van der Waals surface area contributed by atoms with Crippen molar-refractivity contribution in [2.24, 2.45) is 11.7 Å². The molecule has 0 bridgehead atoms. The van der Waals surface area contributed by atoms with Crippen molar-refractivity contribution < 1.29 is 9.47 Å². The zero-order chi connectivity index (χ0) is 13.8. The van der Waals surface area contributed by atoms with E-state index in [1.807, 2.05) is 0 Å². The second-order valence-corrected chi connectivity index (χ2v) is 5.89. The lowest BCUT2D eigenvalue weighted by atomic mass is 9.84. The van der Waals surface area contributed by atoms with Gasteiger partial charge in [0.05, 0.1) is 5.54 Å². The summed E-state index contributed by atoms with van der Waals surface area (Å²) in [5.74, 6) is 0.861. The number of hydrogen-bond donors (Lipinski definition) is 1. The van der Waals surface area contributed by atoms with Gasteiger partial charge in [-0.1, -0.05) is 6.92 Å². The molecule has 1 atom stereocenters. The molecule has 1 aliphatic carbocycles. The molecule has 108 valence electrons. The molecule has 0 aromatic heterocycles. The van der Waals surface area contributed by atoms with Gasteiger partial charge >= 0.3 is 0 Å². The van der Waals surface area contributed by atoms with E-state index in [2.05, 4.69) is 25.8 Å². The Morgan fingerprint density at radius 1 is 1.22 bits per heavy atom. The monoisotopic (exact) mass is 258 g/mol. The SMILES string of the molecule is COC(OC)C(C)(CN)N(C)C1CCC(C)CC1. The first-order valence-corrected chi connectivity index (χ1v) is 6.98. The number of nitrogens with zero attached hydrogens (tertiary/aromatic N) is 1. The van der Waals surface area contributed by atoms with E-state index in [1.165, 1.54) is 25.7 Å². The van der Waals surface area contributed by atoms with Gasteiger partial charge in [0.25, 0.3) is 0 Å². The predicted molar refractivity (Wildman–Crippen MR) is 74.4 cm³/mol. The summed E-state index contributed by atoms with van der Waals surface area (Å²) in [5.41, 5.74) is 5.72. The molecule has 1 aliphatic rings. The van der Waals surface area contributed by atoms with Gasteiger partial charge in [-0.2, -0.15) is 0 Å². The Hall–Kier alpha value is -0.160. The van der Waals surface area contributed by atoms with Crippen LogP contribution in [0.4, 0.5) is 0 Å². The van der Waals surface area contributed by atoms with E-state index in [9.17, 15) is 0 Å². The number of nitrogens with two attached hydrogens (primary N) is 1. The van der Waals surface area contributed by atoms with Crippen molar-refractivity contribution in [1.82, 2.24) is 4.90 Å². The van der Waals surface area contributed by atoms with Crippen LogP contribution >= 0.6 is 0 Å². The molecular formula is C14H30N2O2. The molecule has 1 saturated carbocycles. The topological polar surface area (TPSA) is 47.7 Å². The molecule has 1 rings (SSSR count). The molecule has 1 fully saturated rings. The van der Waals surface area contributed by atoms with Crippen LogP contribution in [0.1, 0.15) is 39.5 Å². The fourth-order valence-corrected chi connectivity index (χ4v) is 3.06. The number of ether oxygens (including phenoxy) is 2. The molecule has 4 heteroatoms. The summed E-state index contributed by atoms with van der Waals surface area (Å²) in [4.78, 5) is 2.37. The van der Waals surface area contributed by atoms with Crippen LogP contribution in [0.25, 0.3) is 0 Å². The van der Waals surface area contributed by atoms with E-state index in [0.29, 0.717) is 12.6 Å². The van der Waals surface area contributed by atoms with Crippen LogP contribution in [0.5, 0.6) is 0 Å². The summed E-state index contributed by atoms with van der Waals surface area (Å²) >= 11 is 0. The fraction of sp³-hybridized carbons (Fsp3) is 1.00. The van der Waals surface area contributed by atoms with Crippen molar-refractivity contribution >= 4 is 0 Å². The van der Waals surface area contributed by atoms with E-state index in [1.54, 1.807) is 14.2 Å². The van der Waals surface area contributed by atoms with Gasteiger partial charge < -0.3 is 15.2 Å². The van der Waals surface area contributed by atoms with Crippen LogP contribution in [-0.4, -0.2) is 50.6 Å². The standard InChI is InChI=1S/C14H30N2O2/c1-11-6-8-12(9-7-11)16(3)14(2,10-15)13(17-4)18-5/h11-13H,6-10,15H2,1-5H3. The first-order valence-electron chi connectivity index (χ1n) is 6.98. The van der Waals surface area contributed by atoms with Gasteiger partial charge in [-0.3, -0.25) is 4.90 Å². The summed E-state index contributed by atoms with van der Waals surface area (Å²) in [5, 5.41) is 0. The van der Waals surface area contributed by atoms with Crippen molar-refractivity contribution in [2.75, 3.05) is 27.8 Å². The number of methoxy groups -OCH3 is 2. The summed E-state index contributed by atoms with van der Waals surface area (Å²) in [6, 6.07) is 0.586. The zero-order valence-corrected chi connectivity index (χ0v) is 12.6. The first-order chi connectivity index (χ1) is 8.49. The van der Waals surface area contributed by atoms with Gasteiger partial charge in [0.1, 0.15) is 0 Å². The van der Waals surface area contributed by atoms with Gasteiger partial charge in [-0.25, -0.2) is 0 Å². The van der Waals surface area contributed by atoms with Gasteiger partial charge in [-0.15, -0.1) is 0 Å². The summed E-state index contributed by atoms with van der Waals surface area (Å²) < 4.78 is 10.9. The molecule has 0 spiro atoms. The average molecular weight is 258 g/mol. The molecule has 0 aromatic carbocycles. The lowest BCUT2D eigenvalue weighted by Crippen LogP contribution is -2.62. The van der Waals surface area contributed by atoms with Crippen LogP contribution in [0.3, 0.4) is 0 Å². The molecular weight excluding hydrogens is 228 g/mol. The highest BCUT2D eigenvalue weighted by atomic mass is 16.7. The Morgan fingerprint density at radius 2 is 1.72 bits per heavy atom. The van der Waals surface area contributed by atoms with Gasteiger partial charge in [0, 0.05) is 26.8 Å². The van der Waals surface area contributed by atoms with E-state index >= 15 is 0 Å². The Morgan fingerprint density at radius 3 is 2.11 bits per heavy atom. The summed E-state index contributed by atoms with van der Waals surface area (Å²) in [7, 11) is 5.51. The number of likely N-dealkylation sites (N-methyl/N-ethyl adjacent to an activating group) is 1. The maximum atomic E-state index is 5.99. The second-order valence-electron chi connectivity index (χ2n) is 5.89.